The van der Waals surface area contributed by atoms with Crippen molar-refractivity contribution >= 4 is 46.3 Å². The molecule has 0 spiro atoms. The lowest BCUT2D eigenvalue weighted by Gasteiger charge is -2.29. The zero-order valence-corrected chi connectivity index (χ0v) is 21.3. The van der Waals surface area contributed by atoms with Crippen LogP contribution in [-0.2, 0) is 20.7 Å². The van der Waals surface area contributed by atoms with Crippen molar-refractivity contribution in [2.24, 2.45) is 5.92 Å². The molecule has 8 nitrogen and oxygen atoms in total. The highest BCUT2D eigenvalue weighted by Gasteiger charge is 2.36. The minimum Gasteiger partial charge on any atom is -0.481 e. The Morgan fingerprint density at radius 2 is 1.97 bits per heavy atom. The van der Waals surface area contributed by atoms with E-state index in [4.69, 9.17) is 25.9 Å². The molecule has 5 rings (SSSR count). The maximum Gasteiger partial charge on any atom is 0.306 e. The maximum atomic E-state index is 14.3. The number of carbonyl (C=O) groups is 2. The molecule has 2 aliphatic rings. The van der Waals surface area contributed by atoms with E-state index < -0.39 is 18.0 Å². The van der Waals surface area contributed by atoms with Gasteiger partial charge < -0.3 is 24.5 Å². The van der Waals surface area contributed by atoms with Gasteiger partial charge in [0.05, 0.1) is 48.3 Å². The molecule has 1 amide bonds. The Morgan fingerprint density at radius 3 is 2.71 bits per heavy atom. The summed E-state index contributed by atoms with van der Waals surface area (Å²) in [6, 6.07) is 8.92. The number of hydrogen-bond acceptors (Lipinski definition) is 6. The summed E-state index contributed by atoms with van der Waals surface area (Å²) in [5.41, 5.74) is 1.97. The second kappa shape index (κ2) is 11.2. The third kappa shape index (κ3) is 6.07. The lowest BCUT2D eigenvalue weighted by Crippen LogP contribution is -2.40. The number of fused-ring (bicyclic) bond motifs is 1. The van der Waals surface area contributed by atoms with Crippen LogP contribution in [0.3, 0.4) is 0 Å². The van der Waals surface area contributed by atoms with E-state index in [1.54, 1.807) is 18.2 Å². The number of hydrogen-bond donors (Lipinski definition) is 2. The lowest BCUT2D eigenvalue weighted by molar-refractivity contribution is -0.144. The van der Waals surface area contributed by atoms with Gasteiger partial charge in [-0.2, -0.15) is 4.98 Å². The van der Waals surface area contributed by atoms with Crippen LogP contribution < -0.4 is 5.32 Å². The van der Waals surface area contributed by atoms with Crippen LogP contribution in [0.2, 0.25) is 5.02 Å². The van der Waals surface area contributed by atoms with Gasteiger partial charge in [-0.15, -0.1) is 0 Å². The van der Waals surface area contributed by atoms with Crippen molar-refractivity contribution < 1.29 is 32.6 Å². The highest BCUT2D eigenvalue weighted by molar-refractivity contribution is 6.33. The van der Waals surface area contributed by atoms with Gasteiger partial charge in [-0.25, -0.2) is 8.78 Å². The number of anilines is 2. The molecule has 0 unspecified atom stereocenters. The fourth-order valence-electron chi connectivity index (χ4n) is 5.16. The Kier molecular flexibility index (Phi) is 7.80. The zero-order chi connectivity index (χ0) is 26.8. The first-order valence-electron chi connectivity index (χ1n) is 12.6. The summed E-state index contributed by atoms with van der Waals surface area (Å²) < 4.78 is 39.2. The van der Waals surface area contributed by atoms with Gasteiger partial charge in [0, 0.05) is 12.5 Å². The minimum atomic E-state index is -1.12. The number of aromatic nitrogens is 1. The molecular formula is C27H28ClF2N3O5. The van der Waals surface area contributed by atoms with Gasteiger partial charge in [0.2, 0.25) is 5.91 Å². The molecule has 2 atom stereocenters. The van der Waals surface area contributed by atoms with E-state index in [2.05, 4.69) is 10.3 Å². The molecule has 0 radical (unpaired) electrons. The average molecular weight is 548 g/mol. The van der Waals surface area contributed by atoms with Crippen molar-refractivity contribution in [1.82, 2.24) is 9.88 Å². The topological polar surface area (TPSA) is 105 Å². The Hall–Kier alpha value is -3.24. The predicted molar refractivity (Wildman–Crippen MR) is 137 cm³/mol. The van der Waals surface area contributed by atoms with Crippen molar-refractivity contribution in [3.63, 3.8) is 0 Å². The summed E-state index contributed by atoms with van der Waals surface area (Å²) in [4.78, 5) is 30.0. The number of benzene rings is 2. The summed E-state index contributed by atoms with van der Waals surface area (Å²) in [6.45, 7) is 0.247. The van der Waals surface area contributed by atoms with Crippen LogP contribution in [0, 0.1) is 11.7 Å². The number of carboxylic acid groups (broad SMARTS) is 1. The molecule has 11 heteroatoms. The van der Waals surface area contributed by atoms with Gasteiger partial charge in [0.25, 0.3) is 6.01 Å². The number of carbonyl (C=O) groups excluding carboxylic acids is 1. The van der Waals surface area contributed by atoms with E-state index in [1.807, 2.05) is 0 Å². The number of nitrogens with zero attached hydrogens (tertiary/aromatic N) is 2. The number of likely N-dealkylation sites (tertiary alicyclic amines) is 1. The SMILES string of the molecule is O=C(O)C1CCC(OC[C@@H]2C[C@H](F)CN2C(=O)Cc2ccc(Nc3nc4ccc(F)cc4o3)c(Cl)c2)CC1. The highest BCUT2D eigenvalue weighted by atomic mass is 35.5. The second-order valence-corrected chi connectivity index (χ2v) is 10.3. The smallest absolute Gasteiger partial charge is 0.306 e. The van der Waals surface area contributed by atoms with Crippen LogP contribution in [0.5, 0.6) is 0 Å². The number of aliphatic carboxylic acids is 1. The third-order valence-corrected chi connectivity index (χ3v) is 7.53. The number of rotatable bonds is 8. The molecule has 2 N–H and O–H groups in total. The Balaban J connectivity index is 1.17. The number of amides is 1. The number of nitrogens with one attached hydrogen (secondary N) is 1. The Labute approximate surface area is 222 Å². The van der Waals surface area contributed by atoms with Crippen molar-refractivity contribution in [2.45, 2.75) is 56.8 Å². The molecule has 1 aromatic heterocycles. The number of ether oxygens (including phenoxy) is 1. The summed E-state index contributed by atoms with van der Waals surface area (Å²) in [6.07, 6.45) is 1.51. The van der Waals surface area contributed by atoms with Crippen LogP contribution in [0.4, 0.5) is 20.5 Å². The molecule has 2 heterocycles. The monoisotopic (exact) mass is 547 g/mol. The molecule has 1 aliphatic carbocycles. The Morgan fingerprint density at radius 1 is 1.18 bits per heavy atom. The molecular weight excluding hydrogens is 520 g/mol. The number of halogens is 3. The van der Waals surface area contributed by atoms with E-state index in [0.717, 1.165) is 0 Å². The van der Waals surface area contributed by atoms with E-state index in [0.29, 0.717) is 53.1 Å². The van der Waals surface area contributed by atoms with Crippen LogP contribution in [0.1, 0.15) is 37.7 Å². The quantitative estimate of drug-likeness (QED) is 0.383. The molecule has 2 fully saturated rings. The number of alkyl halides is 1. The summed E-state index contributed by atoms with van der Waals surface area (Å²) in [5, 5.41) is 12.4. The van der Waals surface area contributed by atoms with Crippen LogP contribution >= 0.6 is 11.6 Å². The van der Waals surface area contributed by atoms with Gasteiger partial charge in [-0.1, -0.05) is 17.7 Å². The van der Waals surface area contributed by atoms with Crippen LogP contribution in [-0.4, -0.2) is 58.3 Å². The number of carboxylic acids is 1. The molecule has 1 aliphatic heterocycles. The predicted octanol–water partition coefficient (Wildman–Crippen LogP) is 5.51. The first kappa shape index (κ1) is 26.4. The van der Waals surface area contributed by atoms with Crippen molar-refractivity contribution in [2.75, 3.05) is 18.5 Å². The third-order valence-electron chi connectivity index (χ3n) is 7.21. The van der Waals surface area contributed by atoms with Gasteiger partial charge >= 0.3 is 5.97 Å². The van der Waals surface area contributed by atoms with Gasteiger partial charge in [-0.3, -0.25) is 9.59 Å². The molecule has 38 heavy (non-hydrogen) atoms. The normalized spacial score (nSPS) is 23.6. The summed E-state index contributed by atoms with van der Waals surface area (Å²) in [7, 11) is 0. The van der Waals surface area contributed by atoms with Crippen molar-refractivity contribution in [1.29, 1.82) is 0 Å². The van der Waals surface area contributed by atoms with E-state index in [1.165, 1.54) is 23.1 Å². The maximum absolute atomic E-state index is 14.3. The van der Waals surface area contributed by atoms with Crippen molar-refractivity contribution in [3.8, 4) is 0 Å². The van der Waals surface area contributed by atoms with E-state index in [9.17, 15) is 18.4 Å². The summed E-state index contributed by atoms with van der Waals surface area (Å²) >= 11 is 6.43. The summed E-state index contributed by atoms with van der Waals surface area (Å²) in [5.74, 6) is -1.75. The molecule has 3 aromatic rings. The fourth-order valence-corrected chi connectivity index (χ4v) is 5.41. The molecule has 0 bridgehead atoms. The lowest BCUT2D eigenvalue weighted by atomic mass is 9.87. The second-order valence-electron chi connectivity index (χ2n) is 9.93. The van der Waals surface area contributed by atoms with Crippen molar-refractivity contribution in [3.05, 3.63) is 52.8 Å². The Bertz CT molecular complexity index is 1330. The fraction of sp³-hybridized carbons (Fsp3) is 0.444. The van der Waals surface area contributed by atoms with Gasteiger partial charge in [0.1, 0.15) is 17.5 Å². The zero-order valence-electron chi connectivity index (χ0n) is 20.5. The van der Waals surface area contributed by atoms with Crippen LogP contribution in [0.25, 0.3) is 11.1 Å². The first-order valence-corrected chi connectivity index (χ1v) is 13.0. The van der Waals surface area contributed by atoms with E-state index >= 15 is 0 Å². The standard InChI is InChI=1S/C27H28ClF2N3O5/c28-21-9-15(1-7-22(21)31-27-32-23-8-4-17(29)12-24(23)38-27)10-25(34)33-13-18(30)11-19(33)14-37-20-5-2-16(3-6-20)26(35)36/h1,4,7-9,12,16,18-20H,2-3,5-6,10-11,13-14H2,(H,31,32)(H,35,36)/t16?,18-,19-,20?/m0/s1. The van der Waals surface area contributed by atoms with E-state index in [-0.39, 0.29) is 56.0 Å². The average Bonchev–Trinajstić information content (AvgIpc) is 3.46. The molecule has 202 valence electrons. The highest BCUT2D eigenvalue weighted by Crippen LogP contribution is 2.30. The first-order chi connectivity index (χ1) is 18.2. The molecule has 1 saturated heterocycles. The van der Waals surface area contributed by atoms with Gasteiger partial charge in [0.15, 0.2) is 5.58 Å². The molecule has 2 aromatic carbocycles. The largest absolute Gasteiger partial charge is 0.481 e. The number of oxazole rings is 1. The van der Waals surface area contributed by atoms with Gasteiger partial charge in [-0.05, 0) is 55.5 Å². The minimum absolute atomic E-state index is 0.0182. The molecule has 1 saturated carbocycles. The van der Waals surface area contributed by atoms with Crippen LogP contribution in [0.15, 0.2) is 40.8 Å².